The Bertz CT molecular complexity index is 214. The molecule has 0 radical (unpaired) electrons. The highest BCUT2D eigenvalue weighted by Gasteiger charge is 2.18. The first-order chi connectivity index (χ1) is 6.95. The van der Waals surface area contributed by atoms with E-state index >= 15 is 0 Å². The predicted molar refractivity (Wildman–Crippen MR) is 58.5 cm³/mol. The van der Waals surface area contributed by atoms with E-state index in [9.17, 15) is 9.59 Å². The smallest absolute Gasteiger partial charge is 0.303 e. The minimum atomic E-state index is -0.829. The lowest BCUT2D eigenvalue weighted by Crippen LogP contribution is -2.26. The van der Waals surface area contributed by atoms with Gasteiger partial charge in [0.25, 0.3) is 0 Å². The Morgan fingerprint density at radius 1 is 1.27 bits per heavy atom. The average Bonchev–Trinajstić information content (AvgIpc) is 2.00. The summed E-state index contributed by atoms with van der Waals surface area (Å²) in [5.41, 5.74) is 0. The van der Waals surface area contributed by atoms with Crippen LogP contribution in [0, 0.1) is 11.8 Å². The van der Waals surface area contributed by atoms with Gasteiger partial charge in [-0.2, -0.15) is 0 Å². The molecule has 1 amide bonds. The van der Waals surface area contributed by atoms with Gasteiger partial charge >= 0.3 is 5.97 Å². The van der Waals surface area contributed by atoms with Crippen molar-refractivity contribution in [1.82, 2.24) is 5.32 Å². The van der Waals surface area contributed by atoms with Crippen LogP contribution in [0.25, 0.3) is 0 Å². The molecule has 1 atom stereocenters. The number of nitrogens with one attached hydrogen (secondary N) is 1. The molecule has 0 aromatic rings. The van der Waals surface area contributed by atoms with E-state index in [1.54, 1.807) is 0 Å². The number of carbonyl (C=O) groups excluding carboxylic acids is 1. The summed E-state index contributed by atoms with van der Waals surface area (Å²) in [7, 11) is 0. The molecule has 88 valence electrons. The van der Waals surface area contributed by atoms with E-state index in [1.165, 1.54) is 0 Å². The van der Waals surface area contributed by atoms with Crippen LogP contribution in [0.1, 0.15) is 40.0 Å². The maximum absolute atomic E-state index is 11.3. The molecule has 0 aromatic carbocycles. The monoisotopic (exact) mass is 215 g/mol. The molecule has 0 rings (SSSR count). The Kier molecular flexibility index (Phi) is 6.75. The topological polar surface area (TPSA) is 66.4 Å². The van der Waals surface area contributed by atoms with E-state index in [2.05, 4.69) is 5.32 Å². The molecule has 0 aliphatic rings. The Labute approximate surface area is 91.1 Å². The third-order valence-corrected chi connectivity index (χ3v) is 2.12. The summed E-state index contributed by atoms with van der Waals surface area (Å²) < 4.78 is 0. The number of aliphatic carboxylic acids is 1. The molecule has 0 saturated carbocycles. The third kappa shape index (κ3) is 7.97. The number of rotatable bonds is 7. The molecule has 4 nitrogen and oxygen atoms in total. The zero-order valence-electron chi connectivity index (χ0n) is 9.75. The SMILES string of the molecule is CCNC(=O)CC(CC(=O)O)CC(C)C. The quantitative estimate of drug-likeness (QED) is 0.678. The van der Waals surface area contributed by atoms with Gasteiger partial charge in [0.05, 0.1) is 0 Å². The van der Waals surface area contributed by atoms with Crippen LogP contribution >= 0.6 is 0 Å². The Hall–Kier alpha value is -1.06. The number of amides is 1. The number of carboxylic acid groups (broad SMARTS) is 1. The fourth-order valence-electron chi connectivity index (χ4n) is 1.68. The van der Waals surface area contributed by atoms with Crippen LogP contribution in [-0.4, -0.2) is 23.5 Å². The van der Waals surface area contributed by atoms with Gasteiger partial charge < -0.3 is 10.4 Å². The highest BCUT2D eigenvalue weighted by molar-refractivity contribution is 5.77. The van der Waals surface area contributed by atoms with Crippen molar-refractivity contribution >= 4 is 11.9 Å². The molecule has 0 heterocycles. The summed E-state index contributed by atoms with van der Waals surface area (Å²) in [6, 6.07) is 0. The van der Waals surface area contributed by atoms with Gasteiger partial charge in [-0.15, -0.1) is 0 Å². The Morgan fingerprint density at radius 3 is 2.27 bits per heavy atom. The minimum absolute atomic E-state index is 0.0472. The van der Waals surface area contributed by atoms with Gasteiger partial charge in [-0.05, 0) is 25.2 Å². The molecule has 0 aliphatic heterocycles. The van der Waals surface area contributed by atoms with E-state index in [0.29, 0.717) is 18.9 Å². The minimum Gasteiger partial charge on any atom is -0.481 e. The first kappa shape index (κ1) is 13.9. The van der Waals surface area contributed by atoms with Crippen molar-refractivity contribution in [2.24, 2.45) is 11.8 Å². The normalized spacial score (nSPS) is 12.5. The van der Waals surface area contributed by atoms with Gasteiger partial charge in [-0.1, -0.05) is 13.8 Å². The van der Waals surface area contributed by atoms with E-state index in [4.69, 9.17) is 5.11 Å². The molecule has 2 N–H and O–H groups in total. The summed E-state index contributed by atoms with van der Waals surface area (Å²) in [5, 5.41) is 11.4. The van der Waals surface area contributed by atoms with Crippen LogP contribution in [0.2, 0.25) is 0 Å². The Morgan fingerprint density at radius 2 is 1.87 bits per heavy atom. The molecule has 0 bridgehead atoms. The lowest BCUT2D eigenvalue weighted by molar-refractivity contribution is -0.138. The maximum atomic E-state index is 11.3. The third-order valence-electron chi connectivity index (χ3n) is 2.12. The van der Waals surface area contributed by atoms with Gasteiger partial charge in [-0.3, -0.25) is 9.59 Å². The highest BCUT2D eigenvalue weighted by Crippen LogP contribution is 2.19. The highest BCUT2D eigenvalue weighted by atomic mass is 16.4. The summed E-state index contributed by atoms with van der Waals surface area (Å²) >= 11 is 0. The second-order valence-corrected chi connectivity index (χ2v) is 4.25. The van der Waals surface area contributed by atoms with Crippen LogP contribution in [0.3, 0.4) is 0 Å². The largest absolute Gasteiger partial charge is 0.481 e. The number of carbonyl (C=O) groups is 2. The van der Waals surface area contributed by atoms with E-state index in [-0.39, 0.29) is 18.2 Å². The van der Waals surface area contributed by atoms with E-state index in [1.807, 2.05) is 20.8 Å². The molecule has 0 aromatic heterocycles. The standard InChI is InChI=1S/C11H21NO3/c1-4-12-10(13)6-9(5-8(2)3)7-11(14)15/h8-9H,4-7H2,1-3H3,(H,12,13)(H,14,15). The van der Waals surface area contributed by atoms with Gasteiger partial charge in [0.2, 0.25) is 5.91 Å². The van der Waals surface area contributed by atoms with Crippen molar-refractivity contribution in [2.45, 2.75) is 40.0 Å². The fraction of sp³-hybridized carbons (Fsp3) is 0.818. The molecule has 15 heavy (non-hydrogen) atoms. The van der Waals surface area contributed by atoms with Crippen LogP contribution in [0.5, 0.6) is 0 Å². The van der Waals surface area contributed by atoms with Gasteiger partial charge in [0.15, 0.2) is 0 Å². The van der Waals surface area contributed by atoms with Crippen molar-refractivity contribution in [1.29, 1.82) is 0 Å². The lowest BCUT2D eigenvalue weighted by Gasteiger charge is -2.16. The first-order valence-electron chi connectivity index (χ1n) is 5.44. The van der Waals surface area contributed by atoms with Crippen LogP contribution < -0.4 is 5.32 Å². The zero-order chi connectivity index (χ0) is 11.8. The van der Waals surface area contributed by atoms with Crippen molar-refractivity contribution in [3.8, 4) is 0 Å². The van der Waals surface area contributed by atoms with Crippen LogP contribution in [0.15, 0.2) is 0 Å². The zero-order valence-corrected chi connectivity index (χ0v) is 9.75. The fourth-order valence-corrected chi connectivity index (χ4v) is 1.68. The van der Waals surface area contributed by atoms with Crippen LogP contribution in [0.4, 0.5) is 0 Å². The van der Waals surface area contributed by atoms with E-state index in [0.717, 1.165) is 6.42 Å². The number of carboxylic acids is 1. The molecule has 4 heteroatoms. The predicted octanol–water partition coefficient (Wildman–Crippen LogP) is 1.65. The summed E-state index contributed by atoms with van der Waals surface area (Å²) in [4.78, 5) is 21.9. The van der Waals surface area contributed by atoms with Gasteiger partial charge in [0.1, 0.15) is 0 Å². The summed E-state index contributed by atoms with van der Waals surface area (Å²) in [6.45, 7) is 6.52. The average molecular weight is 215 g/mol. The van der Waals surface area contributed by atoms with Gasteiger partial charge in [0, 0.05) is 19.4 Å². The molecule has 0 spiro atoms. The Balaban J connectivity index is 4.11. The van der Waals surface area contributed by atoms with Crippen LogP contribution in [-0.2, 0) is 9.59 Å². The maximum Gasteiger partial charge on any atom is 0.303 e. The van der Waals surface area contributed by atoms with Crippen molar-refractivity contribution in [3.63, 3.8) is 0 Å². The number of hydrogen-bond donors (Lipinski definition) is 2. The van der Waals surface area contributed by atoms with E-state index < -0.39 is 5.97 Å². The second-order valence-electron chi connectivity index (χ2n) is 4.25. The molecule has 0 aliphatic carbocycles. The van der Waals surface area contributed by atoms with Crippen molar-refractivity contribution < 1.29 is 14.7 Å². The van der Waals surface area contributed by atoms with Gasteiger partial charge in [-0.25, -0.2) is 0 Å². The summed E-state index contributed by atoms with van der Waals surface area (Å²) in [5.74, 6) is -0.507. The summed E-state index contributed by atoms with van der Waals surface area (Å²) in [6.07, 6.45) is 1.18. The molecular formula is C11H21NO3. The number of hydrogen-bond acceptors (Lipinski definition) is 2. The lowest BCUT2D eigenvalue weighted by atomic mass is 9.91. The molecule has 0 fully saturated rings. The van der Waals surface area contributed by atoms with Crippen molar-refractivity contribution in [3.05, 3.63) is 0 Å². The molecular weight excluding hydrogens is 194 g/mol. The second kappa shape index (κ2) is 7.26. The molecule has 0 saturated heterocycles. The van der Waals surface area contributed by atoms with Crippen molar-refractivity contribution in [2.75, 3.05) is 6.54 Å². The molecule has 1 unspecified atom stereocenters. The first-order valence-corrected chi connectivity index (χ1v) is 5.44.